The van der Waals surface area contributed by atoms with Crippen LogP contribution >= 0.6 is 0 Å². The van der Waals surface area contributed by atoms with E-state index in [-0.39, 0.29) is 0 Å². The molecule has 0 saturated heterocycles. The molecule has 4 heteroatoms. The number of nitrogen functional groups attached to an aromatic ring is 1. The molecule has 1 rings (SSSR count). The second kappa shape index (κ2) is 5.70. The van der Waals surface area contributed by atoms with E-state index in [2.05, 4.69) is 4.74 Å². The molecule has 0 saturated carbocycles. The molecule has 0 aliphatic carbocycles. The lowest BCUT2D eigenvalue weighted by molar-refractivity contribution is -0.107. The maximum Gasteiger partial charge on any atom is 0.339 e. The summed E-state index contributed by atoms with van der Waals surface area (Å²) in [5.74, 6) is -0.457. The van der Waals surface area contributed by atoms with Crippen LogP contribution in [0.2, 0.25) is 0 Å². The van der Waals surface area contributed by atoms with Gasteiger partial charge in [-0.2, -0.15) is 0 Å². The molecule has 0 aliphatic heterocycles. The number of benzene rings is 1. The molecule has 0 fully saturated rings. The number of rotatable bonds is 4. The number of methoxy groups -OCH3 is 1. The van der Waals surface area contributed by atoms with E-state index in [4.69, 9.17) is 5.73 Å². The Kier molecular flexibility index (Phi) is 4.27. The van der Waals surface area contributed by atoms with E-state index in [0.717, 1.165) is 11.8 Å². The molecule has 0 atom stereocenters. The molecule has 0 radical (unpaired) electrons. The first-order chi connectivity index (χ1) is 7.69. The van der Waals surface area contributed by atoms with E-state index in [1.165, 1.54) is 7.11 Å². The van der Waals surface area contributed by atoms with E-state index in [0.29, 0.717) is 17.7 Å². The predicted octanol–water partition coefficient (Wildman–Crippen LogP) is 1.66. The molecule has 1 aromatic carbocycles. The van der Waals surface area contributed by atoms with Crippen molar-refractivity contribution in [3.8, 4) is 0 Å². The Hall–Kier alpha value is -2.10. The van der Waals surface area contributed by atoms with Gasteiger partial charge in [0.15, 0.2) is 0 Å². The summed E-state index contributed by atoms with van der Waals surface area (Å²) < 4.78 is 4.57. The average molecular weight is 219 g/mol. The lowest BCUT2D eigenvalue weighted by Gasteiger charge is -2.04. The number of nitrogens with two attached hydrogens (primary N) is 1. The van der Waals surface area contributed by atoms with Gasteiger partial charge in [-0.15, -0.1) is 0 Å². The fraction of sp³-hybridized carbons (Fsp3) is 0.167. The van der Waals surface area contributed by atoms with Crippen molar-refractivity contribution < 1.29 is 14.3 Å². The van der Waals surface area contributed by atoms with E-state index in [1.807, 2.05) is 0 Å². The Morgan fingerprint density at radius 2 is 2.25 bits per heavy atom. The summed E-state index contributed by atoms with van der Waals surface area (Å²) in [6.07, 6.45) is 4.66. The van der Waals surface area contributed by atoms with Gasteiger partial charge in [0.1, 0.15) is 6.29 Å². The van der Waals surface area contributed by atoms with Gasteiger partial charge in [-0.3, -0.25) is 0 Å². The predicted molar refractivity (Wildman–Crippen MR) is 61.9 cm³/mol. The molecule has 0 bridgehead atoms. The average Bonchev–Trinajstić information content (AvgIpc) is 2.29. The molecule has 0 spiro atoms. The maximum absolute atomic E-state index is 11.2. The topological polar surface area (TPSA) is 69.4 Å². The van der Waals surface area contributed by atoms with Crippen molar-refractivity contribution in [3.63, 3.8) is 0 Å². The van der Waals surface area contributed by atoms with Gasteiger partial charge in [0.05, 0.1) is 12.7 Å². The van der Waals surface area contributed by atoms with Crippen molar-refractivity contribution in [2.45, 2.75) is 6.42 Å². The SMILES string of the molecule is COC(=O)c1ccc(C=CCC=O)cc1N. The van der Waals surface area contributed by atoms with Crippen LogP contribution in [0.25, 0.3) is 6.08 Å². The number of esters is 1. The second-order valence-corrected chi connectivity index (χ2v) is 3.14. The van der Waals surface area contributed by atoms with E-state index >= 15 is 0 Å². The molecule has 84 valence electrons. The highest BCUT2D eigenvalue weighted by molar-refractivity contribution is 5.95. The lowest BCUT2D eigenvalue weighted by atomic mass is 10.1. The van der Waals surface area contributed by atoms with Gasteiger partial charge in [0.25, 0.3) is 0 Å². The van der Waals surface area contributed by atoms with Crippen molar-refractivity contribution in [1.29, 1.82) is 0 Å². The number of ether oxygens (including phenoxy) is 1. The lowest BCUT2D eigenvalue weighted by Crippen LogP contribution is -2.05. The highest BCUT2D eigenvalue weighted by Crippen LogP contribution is 2.16. The van der Waals surface area contributed by atoms with E-state index in [1.54, 1.807) is 30.4 Å². The van der Waals surface area contributed by atoms with Gasteiger partial charge in [0.2, 0.25) is 0 Å². The number of aldehydes is 1. The largest absolute Gasteiger partial charge is 0.465 e. The highest BCUT2D eigenvalue weighted by Gasteiger charge is 2.08. The first-order valence-electron chi connectivity index (χ1n) is 4.77. The van der Waals surface area contributed by atoms with Crippen LogP contribution < -0.4 is 5.73 Å². The fourth-order valence-electron chi connectivity index (χ4n) is 1.24. The number of carbonyl (C=O) groups excluding carboxylic acids is 2. The third kappa shape index (κ3) is 2.95. The van der Waals surface area contributed by atoms with Gasteiger partial charge < -0.3 is 15.3 Å². The molecule has 1 aromatic rings. The minimum atomic E-state index is -0.457. The smallest absolute Gasteiger partial charge is 0.339 e. The zero-order valence-corrected chi connectivity index (χ0v) is 8.97. The summed E-state index contributed by atoms with van der Waals surface area (Å²) in [5, 5.41) is 0. The van der Waals surface area contributed by atoms with Crippen LogP contribution in [-0.2, 0) is 9.53 Å². The number of anilines is 1. The van der Waals surface area contributed by atoms with Gasteiger partial charge in [-0.1, -0.05) is 18.2 Å². The number of carbonyl (C=O) groups is 2. The van der Waals surface area contributed by atoms with E-state index in [9.17, 15) is 9.59 Å². The Bertz CT molecular complexity index is 424. The standard InChI is InChI=1S/C12H13NO3/c1-16-12(15)10-6-5-9(8-11(10)13)4-2-3-7-14/h2,4-8H,3,13H2,1H3. The molecule has 2 N–H and O–H groups in total. The molecule has 0 heterocycles. The normalized spacial score (nSPS) is 10.3. The quantitative estimate of drug-likeness (QED) is 0.475. The van der Waals surface area contributed by atoms with Crippen molar-refractivity contribution in [1.82, 2.24) is 0 Å². The zero-order valence-electron chi connectivity index (χ0n) is 8.97. The zero-order chi connectivity index (χ0) is 12.0. The maximum atomic E-state index is 11.2. The third-order valence-electron chi connectivity index (χ3n) is 2.02. The van der Waals surface area contributed by atoms with E-state index < -0.39 is 5.97 Å². The van der Waals surface area contributed by atoms with Crippen LogP contribution in [0.5, 0.6) is 0 Å². The Morgan fingerprint density at radius 1 is 1.50 bits per heavy atom. The molecular formula is C12H13NO3. The number of hydrogen-bond donors (Lipinski definition) is 1. The second-order valence-electron chi connectivity index (χ2n) is 3.14. The number of allylic oxidation sites excluding steroid dienone is 1. The Balaban J connectivity index is 2.90. The molecule has 4 nitrogen and oxygen atoms in total. The van der Waals surface area contributed by atoms with Crippen LogP contribution in [-0.4, -0.2) is 19.4 Å². The summed E-state index contributed by atoms with van der Waals surface area (Å²) in [7, 11) is 1.31. The minimum absolute atomic E-state index is 0.343. The van der Waals surface area contributed by atoms with Crippen LogP contribution in [0, 0.1) is 0 Å². The first kappa shape index (κ1) is 12.0. The van der Waals surface area contributed by atoms with Crippen molar-refractivity contribution >= 4 is 24.0 Å². The molecular weight excluding hydrogens is 206 g/mol. The molecule has 16 heavy (non-hydrogen) atoms. The summed E-state index contributed by atoms with van der Waals surface area (Å²) in [5.41, 5.74) is 7.24. The van der Waals surface area contributed by atoms with Crippen LogP contribution in [0.4, 0.5) is 5.69 Å². The van der Waals surface area contributed by atoms with Crippen LogP contribution in [0.15, 0.2) is 24.3 Å². The number of hydrogen-bond acceptors (Lipinski definition) is 4. The molecule has 0 unspecified atom stereocenters. The summed E-state index contributed by atoms with van der Waals surface area (Å²) >= 11 is 0. The highest BCUT2D eigenvalue weighted by atomic mass is 16.5. The van der Waals surface area contributed by atoms with Crippen molar-refractivity contribution in [2.75, 3.05) is 12.8 Å². The fourth-order valence-corrected chi connectivity index (χ4v) is 1.24. The monoisotopic (exact) mass is 219 g/mol. The summed E-state index contributed by atoms with van der Waals surface area (Å²) in [4.78, 5) is 21.3. The molecule has 0 amide bonds. The van der Waals surface area contributed by atoms with Gasteiger partial charge in [-0.05, 0) is 17.7 Å². The first-order valence-corrected chi connectivity index (χ1v) is 4.77. The third-order valence-corrected chi connectivity index (χ3v) is 2.02. The minimum Gasteiger partial charge on any atom is -0.465 e. The Morgan fingerprint density at radius 3 is 2.81 bits per heavy atom. The van der Waals surface area contributed by atoms with Crippen molar-refractivity contribution in [2.24, 2.45) is 0 Å². The van der Waals surface area contributed by atoms with Gasteiger partial charge in [-0.25, -0.2) is 4.79 Å². The van der Waals surface area contributed by atoms with Crippen molar-refractivity contribution in [3.05, 3.63) is 35.4 Å². The molecule has 0 aliphatic rings. The Labute approximate surface area is 93.7 Å². The molecule has 0 aromatic heterocycles. The van der Waals surface area contributed by atoms with Crippen LogP contribution in [0.3, 0.4) is 0 Å². The summed E-state index contributed by atoms with van der Waals surface area (Å²) in [6.45, 7) is 0. The summed E-state index contributed by atoms with van der Waals surface area (Å²) in [6, 6.07) is 5.00. The van der Waals surface area contributed by atoms with Crippen LogP contribution in [0.1, 0.15) is 22.3 Å². The van der Waals surface area contributed by atoms with Gasteiger partial charge in [0, 0.05) is 12.1 Å². The van der Waals surface area contributed by atoms with Gasteiger partial charge >= 0.3 is 5.97 Å².